The van der Waals surface area contributed by atoms with Crippen LogP contribution in [0.25, 0.3) is 6.08 Å². The lowest BCUT2D eigenvalue weighted by Gasteiger charge is -1.98. The Balaban J connectivity index is 0.000000336. The Morgan fingerprint density at radius 1 is 1.40 bits per heavy atom. The topological polar surface area (TPSA) is 44.5 Å². The number of nitrogens with two attached hydrogens (primary N) is 1. The van der Waals surface area contributed by atoms with Crippen LogP contribution in [0.2, 0.25) is 0 Å². The van der Waals surface area contributed by atoms with Gasteiger partial charge >= 0.3 is 0 Å². The van der Waals surface area contributed by atoms with Crippen molar-refractivity contribution in [3.63, 3.8) is 0 Å². The van der Waals surface area contributed by atoms with E-state index < -0.39 is 0 Å². The smallest absolute Gasteiger partial charge is 0.119 e. The van der Waals surface area contributed by atoms with Gasteiger partial charge in [-0.15, -0.1) is 6.58 Å². The molecule has 0 aliphatic heterocycles. The summed E-state index contributed by atoms with van der Waals surface area (Å²) >= 11 is 0. The van der Waals surface area contributed by atoms with E-state index in [9.17, 15) is 0 Å². The maximum atomic E-state index is 5.01. The minimum Gasteiger partial charge on any atom is -0.497 e. The Kier molecular flexibility index (Phi) is 8.05. The van der Waals surface area contributed by atoms with Crippen LogP contribution in [-0.2, 0) is 4.84 Å². The van der Waals surface area contributed by atoms with Crippen LogP contribution in [0.4, 0.5) is 0 Å². The van der Waals surface area contributed by atoms with E-state index >= 15 is 0 Å². The van der Waals surface area contributed by atoms with Gasteiger partial charge in [0.05, 0.1) is 13.7 Å². The van der Waals surface area contributed by atoms with Crippen molar-refractivity contribution in [1.82, 2.24) is 0 Å². The molecule has 0 unspecified atom stereocenters. The molecule has 0 saturated carbocycles. The third-order valence-corrected chi connectivity index (χ3v) is 1.54. The minimum absolute atomic E-state index is 0.431. The van der Waals surface area contributed by atoms with Crippen molar-refractivity contribution in [2.75, 3.05) is 13.7 Å². The molecular weight excluding hydrogens is 190 g/mol. The molecule has 0 fully saturated rings. The van der Waals surface area contributed by atoms with Gasteiger partial charge in [-0.2, -0.15) is 0 Å². The lowest BCUT2D eigenvalue weighted by atomic mass is 10.2. The van der Waals surface area contributed by atoms with Crippen LogP contribution in [-0.4, -0.2) is 13.7 Å². The zero-order valence-corrected chi connectivity index (χ0v) is 8.98. The monoisotopic (exact) mass is 207 g/mol. The number of benzene rings is 1. The largest absolute Gasteiger partial charge is 0.497 e. The maximum Gasteiger partial charge on any atom is 0.119 e. The average molecular weight is 207 g/mol. The van der Waals surface area contributed by atoms with Gasteiger partial charge in [0.25, 0.3) is 0 Å². The van der Waals surface area contributed by atoms with Crippen molar-refractivity contribution >= 4 is 6.08 Å². The van der Waals surface area contributed by atoms with E-state index in [4.69, 9.17) is 4.74 Å². The van der Waals surface area contributed by atoms with Crippen molar-refractivity contribution in [2.24, 2.45) is 5.90 Å². The highest BCUT2D eigenvalue weighted by atomic mass is 16.6. The van der Waals surface area contributed by atoms with Crippen LogP contribution in [0.15, 0.2) is 43.5 Å². The van der Waals surface area contributed by atoms with Crippen molar-refractivity contribution in [3.8, 4) is 5.75 Å². The van der Waals surface area contributed by atoms with E-state index in [-0.39, 0.29) is 0 Å². The second kappa shape index (κ2) is 8.99. The molecule has 0 aliphatic rings. The van der Waals surface area contributed by atoms with Gasteiger partial charge in [0.1, 0.15) is 5.75 Å². The Labute approximate surface area is 90.8 Å². The third-order valence-electron chi connectivity index (χ3n) is 1.54. The van der Waals surface area contributed by atoms with Crippen LogP contribution < -0.4 is 10.6 Å². The van der Waals surface area contributed by atoms with Crippen LogP contribution in [0.3, 0.4) is 0 Å². The first kappa shape index (κ1) is 13.4. The summed E-state index contributed by atoms with van der Waals surface area (Å²) in [6.45, 7) is 7.43. The number of rotatable bonds is 4. The number of hydrogen-bond donors (Lipinski definition) is 1. The minimum atomic E-state index is 0.431. The molecule has 0 saturated heterocycles. The number of ether oxygens (including phenoxy) is 1. The van der Waals surface area contributed by atoms with Gasteiger partial charge in [-0.05, 0) is 17.7 Å². The molecule has 1 aromatic carbocycles. The summed E-state index contributed by atoms with van der Waals surface area (Å²) in [4.78, 5) is 4.07. The average Bonchev–Trinajstić information content (AvgIpc) is 2.31. The van der Waals surface area contributed by atoms with Crippen molar-refractivity contribution in [3.05, 3.63) is 49.1 Å². The molecule has 0 radical (unpaired) electrons. The molecule has 3 nitrogen and oxygen atoms in total. The normalized spacial score (nSPS) is 8.40. The summed E-state index contributed by atoms with van der Waals surface area (Å²) in [7, 11) is 1.65. The fourth-order valence-corrected chi connectivity index (χ4v) is 0.837. The van der Waals surface area contributed by atoms with Crippen LogP contribution in [0.5, 0.6) is 5.75 Å². The van der Waals surface area contributed by atoms with Gasteiger partial charge < -0.3 is 9.57 Å². The first-order chi connectivity index (χ1) is 7.28. The highest BCUT2D eigenvalue weighted by Crippen LogP contribution is 2.12. The summed E-state index contributed by atoms with van der Waals surface area (Å²) in [5.74, 6) is 5.44. The lowest BCUT2D eigenvalue weighted by Crippen LogP contribution is -1.96. The second-order valence-corrected chi connectivity index (χ2v) is 2.60. The Morgan fingerprint density at radius 3 is 2.53 bits per heavy atom. The standard InChI is InChI=1S/C9H10O.C3H7NO/c1-3-8-5-4-6-9(7-8)10-2;1-2-3-5-4/h3-7H,1H2,2H3;2H,1,3-4H2. The van der Waals surface area contributed by atoms with E-state index in [2.05, 4.69) is 23.9 Å². The Bertz CT molecular complexity index is 297. The quantitative estimate of drug-likeness (QED) is 0.609. The molecule has 0 spiro atoms. The van der Waals surface area contributed by atoms with Crippen molar-refractivity contribution in [1.29, 1.82) is 0 Å². The van der Waals surface area contributed by atoms with Gasteiger partial charge in [-0.1, -0.05) is 30.9 Å². The predicted octanol–water partition coefficient (Wildman–Crippen LogP) is 2.40. The highest BCUT2D eigenvalue weighted by molar-refractivity contribution is 5.49. The van der Waals surface area contributed by atoms with E-state index in [0.29, 0.717) is 6.61 Å². The summed E-state index contributed by atoms with van der Waals surface area (Å²) in [6, 6.07) is 7.77. The van der Waals surface area contributed by atoms with E-state index in [1.807, 2.05) is 24.3 Å². The summed E-state index contributed by atoms with van der Waals surface area (Å²) < 4.78 is 5.01. The van der Waals surface area contributed by atoms with Crippen molar-refractivity contribution in [2.45, 2.75) is 0 Å². The van der Waals surface area contributed by atoms with E-state index in [1.165, 1.54) is 0 Å². The van der Waals surface area contributed by atoms with E-state index in [0.717, 1.165) is 11.3 Å². The molecule has 0 aliphatic carbocycles. The SMILES string of the molecule is C=CCON.C=Cc1cccc(OC)c1. The first-order valence-electron chi connectivity index (χ1n) is 4.47. The van der Waals surface area contributed by atoms with Gasteiger partial charge in [0.15, 0.2) is 0 Å². The maximum absolute atomic E-state index is 5.01. The Morgan fingerprint density at radius 2 is 2.13 bits per heavy atom. The highest BCUT2D eigenvalue weighted by Gasteiger charge is 1.88. The van der Waals surface area contributed by atoms with Gasteiger partial charge in [0, 0.05) is 0 Å². The predicted molar refractivity (Wildman–Crippen MR) is 63.4 cm³/mol. The molecule has 0 heterocycles. The molecule has 1 aromatic rings. The summed E-state index contributed by atoms with van der Waals surface area (Å²) in [5.41, 5.74) is 1.08. The molecule has 82 valence electrons. The first-order valence-corrected chi connectivity index (χ1v) is 4.47. The second-order valence-electron chi connectivity index (χ2n) is 2.60. The zero-order chi connectivity index (χ0) is 11.5. The summed E-state index contributed by atoms with van der Waals surface area (Å²) in [5, 5.41) is 0. The number of methoxy groups -OCH3 is 1. The fourth-order valence-electron chi connectivity index (χ4n) is 0.837. The fraction of sp³-hybridized carbons (Fsp3) is 0.167. The summed E-state index contributed by atoms with van der Waals surface area (Å²) in [6.07, 6.45) is 3.38. The molecule has 0 atom stereocenters. The van der Waals surface area contributed by atoms with Crippen LogP contribution in [0, 0.1) is 0 Å². The van der Waals surface area contributed by atoms with Crippen molar-refractivity contribution < 1.29 is 9.57 Å². The third kappa shape index (κ3) is 6.49. The molecule has 15 heavy (non-hydrogen) atoms. The van der Waals surface area contributed by atoms with Crippen LogP contribution in [0.1, 0.15) is 5.56 Å². The zero-order valence-electron chi connectivity index (χ0n) is 8.98. The molecule has 3 heteroatoms. The molecule has 2 N–H and O–H groups in total. The van der Waals surface area contributed by atoms with Gasteiger partial charge in [-0.25, -0.2) is 5.90 Å². The molecule has 1 rings (SSSR count). The lowest BCUT2D eigenvalue weighted by molar-refractivity contribution is 0.168. The van der Waals surface area contributed by atoms with E-state index in [1.54, 1.807) is 19.3 Å². The molecular formula is C12H17NO2. The Hall–Kier alpha value is -1.58. The van der Waals surface area contributed by atoms with Gasteiger partial charge in [0.2, 0.25) is 0 Å². The molecule has 0 bridgehead atoms. The van der Waals surface area contributed by atoms with Gasteiger partial charge in [-0.3, -0.25) is 0 Å². The number of hydrogen-bond acceptors (Lipinski definition) is 3. The molecule has 0 amide bonds. The van der Waals surface area contributed by atoms with Crippen LogP contribution >= 0.6 is 0 Å². The molecule has 0 aromatic heterocycles.